The van der Waals surface area contributed by atoms with Gasteiger partial charge in [0.25, 0.3) is 0 Å². The second-order valence-electron chi connectivity index (χ2n) is 6.10. The maximum Gasteiger partial charge on any atom is 0.416 e. The van der Waals surface area contributed by atoms with E-state index in [1.165, 1.54) is 12.1 Å². The monoisotopic (exact) mass is 361 g/mol. The molecular formula is C20H18F3NO2. The fourth-order valence-corrected chi connectivity index (χ4v) is 2.74. The van der Waals surface area contributed by atoms with E-state index < -0.39 is 11.7 Å². The normalized spacial score (nSPS) is 15.3. The summed E-state index contributed by atoms with van der Waals surface area (Å²) in [6.45, 7) is 3.75. The molecule has 0 amide bonds. The van der Waals surface area contributed by atoms with E-state index in [-0.39, 0.29) is 5.75 Å². The quantitative estimate of drug-likeness (QED) is 0.829. The highest BCUT2D eigenvalue weighted by Crippen LogP contribution is 2.29. The van der Waals surface area contributed by atoms with Gasteiger partial charge < -0.3 is 9.84 Å². The van der Waals surface area contributed by atoms with Crippen molar-refractivity contribution in [2.75, 3.05) is 26.3 Å². The lowest BCUT2D eigenvalue weighted by Crippen LogP contribution is -2.35. The van der Waals surface area contributed by atoms with Crippen LogP contribution in [0.3, 0.4) is 0 Å². The fourth-order valence-electron chi connectivity index (χ4n) is 2.74. The van der Waals surface area contributed by atoms with Gasteiger partial charge in [-0.05, 0) is 48.0 Å². The van der Waals surface area contributed by atoms with Gasteiger partial charge in [0.1, 0.15) is 5.75 Å². The predicted molar refractivity (Wildman–Crippen MR) is 91.6 cm³/mol. The molecule has 3 rings (SSSR count). The van der Waals surface area contributed by atoms with Crippen LogP contribution < -0.4 is 0 Å². The molecule has 1 heterocycles. The third-order valence-corrected chi connectivity index (χ3v) is 4.05. The third-order valence-electron chi connectivity index (χ3n) is 4.05. The van der Waals surface area contributed by atoms with Crippen LogP contribution in [0, 0.1) is 11.8 Å². The molecule has 0 atom stereocenters. The van der Waals surface area contributed by atoms with Gasteiger partial charge in [0.2, 0.25) is 0 Å². The molecule has 6 heteroatoms. The molecule has 1 fully saturated rings. The first-order valence-corrected chi connectivity index (χ1v) is 8.22. The second kappa shape index (κ2) is 7.81. The standard InChI is InChI=1S/C20H18F3NO2/c21-20(22,23)18-5-3-15(4-6-18)1-2-16-11-17(13-19(25)12-16)14-24-7-9-26-10-8-24/h3-6,11-13,25H,7-10,14H2. The molecule has 2 aromatic rings. The molecule has 0 aromatic heterocycles. The average molecular weight is 361 g/mol. The number of benzene rings is 2. The Morgan fingerprint density at radius 1 is 0.962 bits per heavy atom. The van der Waals surface area contributed by atoms with Crippen molar-refractivity contribution in [1.82, 2.24) is 4.90 Å². The number of rotatable bonds is 2. The van der Waals surface area contributed by atoms with E-state index in [1.807, 2.05) is 6.07 Å². The zero-order chi connectivity index (χ0) is 18.6. The number of phenols is 1. The van der Waals surface area contributed by atoms with Crippen molar-refractivity contribution in [3.05, 3.63) is 64.7 Å². The number of alkyl halides is 3. The van der Waals surface area contributed by atoms with Gasteiger partial charge in [-0.1, -0.05) is 11.8 Å². The molecule has 0 unspecified atom stereocenters. The van der Waals surface area contributed by atoms with Crippen LogP contribution in [0.25, 0.3) is 0 Å². The minimum Gasteiger partial charge on any atom is -0.508 e. The van der Waals surface area contributed by atoms with Crippen LogP contribution >= 0.6 is 0 Å². The Kier molecular flexibility index (Phi) is 5.50. The number of aromatic hydroxyl groups is 1. The lowest BCUT2D eigenvalue weighted by molar-refractivity contribution is -0.137. The van der Waals surface area contributed by atoms with E-state index in [2.05, 4.69) is 16.7 Å². The van der Waals surface area contributed by atoms with Crippen LogP contribution in [0.1, 0.15) is 22.3 Å². The summed E-state index contributed by atoms with van der Waals surface area (Å²) in [4.78, 5) is 2.23. The van der Waals surface area contributed by atoms with E-state index in [0.717, 1.165) is 30.8 Å². The van der Waals surface area contributed by atoms with E-state index in [4.69, 9.17) is 4.74 Å². The van der Waals surface area contributed by atoms with Crippen LogP contribution in [0.2, 0.25) is 0 Å². The molecule has 2 aromatic carbocycles. The highest BCUT2D eigenvalue weighted by Gasteiger charge is 2.29. The number of phenolic OH excluding ortho intramolecular Hbond substituents is 1. The van der Waals surface area contributed by atoms with Gasteiger partial charge in [0.05, 0.1) is 18.8 Å². The number of ether oxygens (including phenoxy) is 1. The fraction of sp³-hybridized carbons (Fsp3) is 0.300. The van der Waals surface area contributed by atoms with Gasteiger partial charge in [-0.15, -0.1) is 0 Å². The molecule has 1 aliphatic rings. The lowest BCUT2D eigenvalue weighted by Gasteiger charge is -2.26. The first-order valence-electron chi connectivity index (χ1n) is 8.22. The highest BCUT2D eigenvalue weighted by molar-refractivity contribution is 5.47. The van der Waals surface area contributed by atoms with Crippen molar-refractivity contribution in [2.24, 2.45) is 0 Å². The molecule has 0 aliphatic carbocycles. The lowest BCUT2D eigenvalue weighted by atomic mass is 10.1. The molecule has 3 nitrogen and oxygen atoms in total. The molecular weight excluding hydrogens is 343 g/mol. The van der Waals surface area contributed by atoms with Crippen molar-refractivity contribution < 1.29 is 23.0 Å². The van der Waals surface area contributed by atoms with E-state index in [0.29, 0.717) is 30.9 Å². The van der Waals surface area contributed by atoms with Gasteiger partial charge in [-0.3, -0.25) is 4.90 Å². The minimum absolute atomic E-state index is 0.118. The highest BCUT2D eigenvalue weighted by atomic mass is 19.4. The molecule has 136 valence electrons. The Hall–Kier alpha value is -2.49. The summed E-state index contributed by atoms with van der Waals surface area (Å²) in [7, 11) is 0. The minimum atomic E-state index is -4.36. The number of morpholine rings is 1. The van der Waals surface area contributed by atoms with Crippen LogP contribution in [-0.4, -0.2) is 36.3 Å². The Morgan fingerprint density at radius 3 is 2.27 bits per heavy atom. The van der Waals surface area contributed by atoms with Crippen molar-refractivity contribution >= 4 is 0 Å². The van der Waals surface area contributed by atoms with Crippen molar-refractivity contribution in [3.63, 3.8) is 0 Å². The average Bonchev–Trinajstić information content (AvgIpc) is 2.60. The first-order chi connectivity index (χ1) is 12.4. The second-order valence-corrected chi connectivity index (χ2v) is 6.10. The topological polar surface area (TPSA) is 32.7 Å². The van der Waals surface area contributed by atoms with Crippen molar-refractivity contribution in [2.45, 2.75) is 12.7 Å². The smallest absolute Gasteiger partial charge is 0.416 e. The molecule has 0 bridgehead atoms. The van der Waals surface area contributed by atoms with Gasteiger partial charge >= 0.3 is 6.18 Å². The van der Waals surface area contributed by atoms with Crippen LogP contribution in [0.15, 0.2) is 42.5 Å². The largest absolute Gasteiger partial charge is 0.508 e. The summed E-state index contributed by atoms with van der Waals surface area (Å²) in [5.74, 6) is 5.86. The zero-order valence-electron chi connectivity index (χ0n) is 14.0. The van der Waals surface area contributed by atoms with E-state index in [1.54, 1.807) is 12.1 Å². The summed E-state index contributed by atoms with van der Waals surface area (Å²) in [6.07, 6.45) is -4.36. The molecule has 0 radical (unpaired) electrons. The Labute approximate surface area is 150 Å². The van der Waals surface area contributed by atoms with Gasteiger partial charge in [-0.25, -0.2) is 0 Å². The number of nitrogens with zero attached hydrogens (tertiary/aromatic N) is 1. The summed E-state index contributed by atoms with van der Waals surface area (Å²) in [5.41, 5.74) is 1.33. The van der Waals surface area contributed by atoms with E-state index in [9.17, 15) is 18.3 Å². The summed E-state index contributed by atoms with van der Waals surface area (Å²) in [6, 6.07) is 9.82. The van der Waals surface area contributed by atoms with Crippen LogP contribution in [0.5, 0.6) is 5.75 Å². The molecule has 0 saturated carbocycles. The SMILES string of the molecule is Oc1cc(C#Cc2ccc(C(F)(F)F)cc2)cc(CN2CCOCC2)c1. The van der Waals surface area contributed by atoms with Gasteiger partial charge in [0, 0.05) is 30.8 Å². The molecule has 1 N–H and O–H groups in total. The van der Waals surface area contributed by atoms with Gasteiger partial charge in [-0.2, -0.15) is 13.2 Å². The first kappa shape index (κ1) is 18.3. The number of hydrogen-bond acceptors (Lipinski definition) is 3. The summed E-state index contributed by atoms with van der Waals surface area (Å²) >= 11 is 0. The van der Waals surface area contributed by atoms with E-state index >= 15 is 0 Å². The maximum atomic E-state index is 12.6. The molecule has 1 aliphatic heterocycles. The number of halogens is 3. The Morgan fingerprint density at radius 2 is 1.62 bits per heavy atom. The molecule has 1 saturated heterocycles. The Balaban J connectivity index is 1.74. The maximum absolute atomic E-state index is 12.6. The van der Waals surface area contributed by atoms with Crippen LogP contribution in [-0.2, 0) is 17.5 Å². The van der Waals surface area contributed by atoms with Crippen molar-refractivity contribution in [3.8, 4) is 17.6 Å². The summed E-state index contributed by atoms with van der Waals surface area (Å²) < 4.78 is 43.0. The molecule has 0 spiro atoms. The summed E-state index contributed by atoms with van der Waals surface area (Å²) in [5, 5.41) is 9.91. The predicted octanol–water partition coefficient (Wildman–Crippen LogP) is 3.64. The van der Waals surface area contributed by atoms with Crippen LogP contribution in [0.4, 0.5) is 13.2 Å². The molecule has 26 heavy (non-hydrogen) atoms. The number of hydrogen-bond donors (Lipinski definition) is 1. The van der Waals surface area contributed by atoms with Crippen molar-refractivity contribution in [1.29, 1.82) is 0 Å². The van der Waals surface area contributed by atoms with Gasteiger partial charge in [0.15, 0.2) is 0 Å². The Bertz CT molecular complexity index is 814. The zero-order valence-corrected chi connectivity index (χ0v) is 14.0. The third kappa shape index (κ3) is 5.01.